The number of rotatable bonds is 4. The summed E-state index contributed by atoms with van der Waals surface area (Å²) in [5.41, 5.74) is 1.45. The van der Waals surface area contributed by atoms with Crippen LogP contribution in [0.5, 0.6) is 0 Å². The highest BCUT2D eigenvalue weighted by molar-refractivity contribution is 5.85. The normalized spacial score (nSPS) is 18.1. The minimum absolute atomic E-state index is 0. The molecule has 0 spiro atoms. The average molecular weight is 278 g/mol. The van der Waals surface area contributed by atoms with Crippen molar-refractivity contribution in [2.75, 3.05) is 20.6 Å². The second-order valence-electron chi connectivity index (χ2n) is 5.50. The molecule has 0 fully saturated rings. The van der Waals surface area contributed by atoms with Crippen LogP contribution in [-0.4, -0.2) is 25.5 Å². The summed E-state index contributed by atoms with van der Waals surface area (Å²) in [6.07, 6.45) is 10.4. The van der Waals surface area contributed by atoms with Crippen LogP contribution in [0.25, 0.3) is 0 Å². The maximum absolute atomic E-state index is 2.39. The first-order chi connectivity index (χ1) is 8.65. The molecule has 0 amide bonds. The van der Waals surface area contributed by atoms with E-state index in [0.717, 1.165) is 13.0 Å². The Balaban J connectivity index is 0.00000180. The van der Waals surface area contributed by atoms with E-state index in [4.69, 9.17) is 0 Å². The third-order valence-electron chi connectivity index (χ3n) is 3.79. The fourth-order valence-electron chi connectivity index (χ4n) is 2.89. The largest absolute Gasteiger partial charge is 0.309 e. The van der Waals surface area contributed by atoms with Crippen molar-refractivity contribution in [2.45, 2.75) is 18.8 Å². The number of hydrogen-bond acceptors (Lipinski definition) is 1. The fourth-order valence-corrected chi connectivity index (χ4v) is 2.89. The van der Waals surface area contributed by atoms with E-state index in [1.807, 2.05) is 0 Å². The van der Waals surface area contributed by atoms with Gasteiger partial charge in [-0.1, -0.05) is 61.6 Å². The molecule has 104 valence electrons. The topological polar surface area (TPSA) is 3.24 Å². The lowest BCUT2D eigenvalue weighted by Crippen LogP contribution is -2.37. The van der Waals surface area contributed by atoms with Crippen LogP contribution in [0.1, 0.15) is 18.9 Å². The lowest BCUT2D eigenvalue weighted by atomic mass is 9.69. The Bertz CT molecular complexity index is 422. The molecule has 1 aliphatic carbocycles. The van der Waals surface area contributed by atoms with Crippen molar-refractivity contribution >= 4 is 12.4 Å². The maximum Gasteiger partial charge on any atom is 0.0350 e. The third kappa shape index (κ3) is 3.49. The SMILES string of the molecule is CC(CN(C)C)C1(c2ccccc2)C=CCC=C1.Cl. The molecule has 1 nitrogen and oxygen atoms in total. The van der Waals surface area contributed by atoms with E-state index < -0.39 is 0 Å². The van der Waals surface area contributed by atoms with Gasteiger partial charge < -0.3 is 4.90 Å². The molecule has 0 heterocycles. The average Bonchev–Trinajstić information content (AvgIpc) is 2.40. The van der Waals surface area contributed by atoms with Gasteiger partial charge in [-0.05, 0) is 32.0 Å². The summed E-state index contributed by atoms with van der Waals surface area (Å²) in [6.45, 7) is 3.43. The van der Waals surface area contributed by atoms with Gasteiger partial charge in [0, 0.05) is 12.0 Å². The minimum atomic E-state index is 0. The summed E-state index contributed by atoms with van der Waals surface area (Å²) in [6, 6.07) is 10.8. The van der Waals surface area contributed by atoms with E-state index in [0.29, 0.717) is 5.92 Å². The number of halogens is 1. The van der Waals surface area contributed by atoms with Crippen molar-refractivity contribution in [1.29, 1.82) is 0 Å². The molecule has 0 saturated carbocycles. The van der Waals surface area contributed by atoms with E-state index in [-0.39, 0.29) is 17.8 Å². The first-order valence-electron chi connectivity index (χ1n) is 6.71. The third-order valence-corrected chi connectivity index (χ3v) is 3.79. The van der Waals surface area contributed by atoms with Gasteiger partial charge in [0.1, 0.15) is 0 Å². The standard InChI is InChI=1S/C17H23N.ClH/c1-15(14-18(2)3)17(12-8-5-9-13-17)16-10-6-4-7-11-16;/h4,6-13,15H,5,14H2,1-3H3;1H. The van der Waals surface area contributed by atoms with Crippen molar-refractivity contribution < 1.29 is 0 Å². The lowest BCUT2D eigenvalue weighted by molar-refractivity contribution is 0.289. The Morgan fingerprint density at radius 2 is 1.68 bits per heavy atom. The number of hydrogen-bond donors (Lipinski definition) is 0. The van der Waals surface area contributed by atoms with Gasteiger partial charge in [-0.15, -0.1) is 12.4 Å². The fraction of sp³-hybridized carbons (Fsp3) is 0.412. The highest BCUT2D eigenvalue weighted by Gasteiger charge is 2.33. The zero-order chi connectivity index (χ0) is 13.0. The molecule has 1 aromatic carbocycles. The molecule has 0 aromatic heterocycles. The Morgan fingerprint density at radius 1 is 1.11 bits per heavy atom. The van der Waals surface area contributed by atoms with Crippen molar-refractivity contribution in [2.24, 2.45) is 5.92 Å². The van der Waals surface area contributed by atoms with Gasteiger partial charge in [0.25, 0.3) is 0 Å². The molecule has 0 radical (unpaired) electrons. The Hall–Kier alpha value is -1.05. The van der Waals surface area contributed by atoms with Crippen molar-refractivity contribution in [1.82, 2.24) is 4.90 Å². The van der Waals surface area contributed by atoms with Gasteiger partial charge >= 0.3 is 0 Å². The van der Waals surface area contributed by atoms with E-state index in [2.05, 4.69) is 80.6 Å². The predicted molar refractivity (Wildman–Crippen MR) is 86.0 cm³/mol. The van der Waals surface area contributed by atoms with Gasteiger partial charge in [-0.3, -0.25) is 0 Å². The molecule has 2 rings (SSSR count). The summed E-state index contributed by atoms with van der Waals surface area (Å²) < 4.78 is 0. The number of allylic oxidation sites excluding steroid dienone is 4. The van der Waals surface area contributed by atoms with Crippen LogP contribution >= 0.6 is 12.4 Å². The first kappa shape index (κ1) is 16.0. The zero-order valence-corrected chi connectivity index (χ0v) is 12.9. The van der Waals surface area contributed by atoms with Gasteiger partial charge in [-0.25, -0.2) is 0 Å². The Morgan fingerprint density at radius 3 is 2.21 bits per heavy atom. The Kier molecular flexibility index (Phi) is 5.84. The number of benzene rings is 1. The Labute approximate surface area is 123 Å². The van der Waals surface area contributed by atoms with Crippen LogP contribution in [0.4, 0.5) is 0 Å². The molecule has 1 atom stereocenters. The maximum atomic E-state index is 2.39. The molecule has 0 bridgehead atoms. The molecular formula is C17H24ClN. The van der Waals surface area contributed by atoms with Crippen molar-refractivity contribution in [3.8, 4) is 0 Å². The molecule has 19 heavy (non-hydrogen) atoms. The van der Waals surface area contributed by atoms with Gasteiger partial charge in [0.15, 0.2) is 0 Å². The van der Waals surface area contributed by atoms with Crippen molar-refractivity contribution in [3.63, 3.8) is 0 Å². The first-order valence-corrected chi connectivity index (χ1v) is 6.71. The van der Waals surface area contributed by atoms with Crippen LogP contribution in [0, 0.1) is 5.92 Å². The van der Waals surface area contributed by atoms with Crippen LogP contribution in [0.3, 0.4) is 0 Å². The molecule has 1 aliphatic rings. The minimum Gasteiger partial charge on any atom is -0.309 e. The summed E-state index contributed by atoms with van der Waals surface area (Å²) >= 11 is 0. The van der Waals surface area contributed by atoms with Crippen LogP contribution in [0.15, 0.2) is 54.6 Å². The molecule has 1 aromatic rings. The van der Waals surface area contributed by atoms with E-state index in [1.165, 1.54) is 5.56 Å². The van der Waals surface area contributed by atoms with Crippen LogP contribution in [-0.2, 0) is 5.41 Å². The molecule has 0 N–H and O–H groups in total. The molecule has 0 aliphatic heterocycles. The molecule has 1 unspecified atom stereocenters. The van der Waals surface area contributed by atoms with E-state index >= 15 is 0 Å². The highest BCUT2D eigenvalue weighted by atomic mass is 35.5. The van der Waals surface area contributed by atoms with Gasteiger partial charge in [-0.2, -0.15) is 0 Å². The summed E-state index contributed by atoms with van der Waals surface area (Å²) in [7, 11) is 4.29. The molecule has 0 saturated heterocycles. The van der Waals surface area contributed by atoms with E-state index in [9.17, 15) is 0 Å². The second kappa shape index (κ2) is 6.93. The summed E-state index contributed by atoms with van der Waals surface area (Å²) in [5.74, 6) is 0.558. The van der Waals surface area contributed by atoms with Gasteiger partial charge in [0.05, 0.1) is 0 Å². The summed E-state index contributed by atoms with van der Waals surface area (Å²) in [4.78, 5) is 2.27. The van der Waals surface area contributed by atoms with Crippen LogP contribution < -0.4 is 0 Å². The monoisotopic (exact) mass is 277 g/mol. The predicted octanol–water partition coefficient (Wildman–Crippen LogP) is 4.06. The quantitative estimate of drug-likeness (QED) is 0.750. The number of nitrogens with zero attached hydrogens (tertiary/aromatic N) is 1. The smallest absolute Gasteiger partial charge is 0.0350 e. The summed E-state index contributed by atoms with van der Waals surface area (Å²) in [5, 5.41) is 0. The van der Waals surface area contributed by atoms with Crippen LogP contribution in [0.2, 0.25) is 0 Å². The van der Waals surface area contributed by atoms with E-state index in [1.54, 1.807) is 0 Å². The van der Waals surface area contributed by atoms with Crippen molar-refractivity contribution in [3.05, 3.63) is 60.2 Å². The molecular weight excluding hydrogens is 254 g/mol. The van der Waals surface area contributed by atoms with Gasteiger partial charge in [0.2, 0.25) is 0 Å². The zero-order valence-electron chi connectivity index (χ0n) is 12.0. The highest BCUT2D eigenvalue weighted by Crippen LogP contribution is 2.38. The molecule has 2 heteroatoms. The second-order valence-corrected chi connectivity index (χ2v) is 5.50. The lowest BCUT2D eigenvalue weighted by Gasteiger charge is -2.37.